The Morgan fingerprint density at radius 2 is 2.40 bits per heavy atom. The first kappa shape index (κ1) is 9.61. The zero-order valence-corrected chi connectivity index (χ0v) is 8.77. The van der Waals surface area contributed by atoms with Crippen molar-refractivity contribution in [2.45, 2.75) is 6.92 Å². The number of hydrogen-bond acceptors (Lipinski definition) is 1. The van der Waals surface area contributed by atoms with Gasteiger partial charge in [0.25, 0.3) is 0 Å². The molecule has 1 rings (SSSR count). The van der Waals surface area contributed by atoms with Crippen LogP contribution < -0.4 is 0 Å². The van der Waals surface area contributed by atoms with Gasteiger partial charge in [0.15, 0.2) is 0 Å². The van der Waals surface area contributed by atoms with E-state index in [-0.39, 0.29) is 20.4 Å². The number of nitrogens with zero attached hydrogens (tertiary/aromatic N) is 2. The van der Waals surface area contributed by atoms with Crippen LogP contribution in [0.1, 0.15) is 12.6 Å². The summed E-state index contributed by atoms with van der Waals surface area (Å²) >= 11 is 0. The van der Waals surface area contributed by atoms with Crippen molar-refractivity contribution >= 4 is 5.57 Å². The SMILES string of the molecule is C=C(C)c1c[c-]nn1C.[Re]. The van der Waals surface area contributed by atoms with Crippen molar-refractivity contribution in [3.05, 3.63) is 24.5 Å². The number of aromatic nitrogens is 2. The molecule has 55 valence electrons. The average Bonchev–Trinajstić information content (AvgIpc) is 2.13. The van der Waals surface area contributed by atoms with Gasteiger partial charge < -0.3 is 9.78 Å². The third-order valence-electron chi connectivity index (χ3n) is 1.19. The third kappa shape index (κ3) is 1.80. The Morgan fingerprint density at radius 3 is 2.60 bits per heavy atom. The van der Waals surface area contributed by atoms with E-state index in [4.69, 9.17) is 0 Å². The van der Waals surface area contributed by atoms with Crippen molar-refractivity contribution in [2.24, 2.45) is 7.05 Å². The van der Waals surface area contributed by atoms with Crippen LogP contribution in [0, 0.1) is 6.20 Å². The Kier molecular flexibility index (Phi) is 3.56. The molecule has 1 aromatic heterocycles. The van der Waals surface area contributed by atoms with Gasteiger partial charge >= 0.3 is 0 Å². The summed E-state index contributed by atoms with van der Waals surface area (Å²) in [5, 5.41) is 3.87. The molecule has 2 nitrogen and oxygen atoms in total. The smallest absolute Gasteiger partial charge is 0.00933 e. The number of rotatable bonds is 1. The molecule has 0 N–H and O–H groups in total. The molecule has 0 amide bonds. The fourth-order valence-electron chi connectivity index (χ4n) is 0.723. The molecule has 0 aliphatic heterocycles. The van der Waals surface area contributed by atoms with E-state index in [0.717, 1.165) is 11.3 Å². The summed E-state index contributed by atoms with van der Waals surface area (Å²) in [4.78, 5) is 0. The zero-order chi connectivity index (χ0) is 6.85. The Morgan fingerprint density at radius 1 is 1.80 bits per heavy atom. The molecule has 0 unspecified atom stereocenters. The summed E-state index contributed by atoms with van der Waals surface area (Å²) in [6.45, 7) is 5.73. The first-order valence-electron chi connectivity index (χ1n) is 2.78. The predicted molar refractivity (Wildman–Crippen MR) is 36.8 cm³/mol. The van der Waals surface area contributed by atoms with E-state index in [1.807, 2.05) is 20.0 Å². The van der Waals surface area contributed by atoms with Gasteiger partial charge in [0, 0.05) is 27.5 Å². The van der Waals surface area contributed by atoms with Crippen LogP contribution in [0.5, 0.6) is 0 Å². The number of allylic oxidation sites excluding steroid dienone is 1. The van der Waals surface area contributed by atoms with Crippen LogP contribution in [0.15, 0.2) is 12.6 Å². The molecule has 0 saturated heterocycles. The molecular formula is C7H9N2Re-. The minimum absolute atomic E-state index is 0. The Hall–Kier alpha value is -0.388. The van der Waals surface area contributed by atoms with Crippen molar-refractivity contribution in [1.29, 1.82) is 0 Å². The summed E-state index contributed by atoms with van der Waals surface area (Å²) in [7, 11) is 1.88. The fourth-order valence-corrected chi connectivity index (χ4v) is 0.723. The Labute approximate surface area is 74.6 Å². The fraction of sp³-hybridized carbons (Fsp3) is 0.286. The van der Waals surface area contributed by atoms with Crippen molar-refractivity contribution in [2.75, 3.05) is 0 Å². The second-order valence-electron chi connectivity index (χ2n) is 2.06. The number of hydrogen-bond donors (Lipinski definition) is 0. The van der Waals surface area contributed by atoms with Gasteiger partial charge in [0.2, 0.25) is 0 Å². The summed E-state index contributed by atoms with van der Waals surface area (Å²) in [5.41, 5.74) is 2.06. The molecule has 0 aliphatic rings. The van der Waals surface area contributed by atoms with Crippen molar-refractivity contribution in [3.63, 3.8) is 0 Å². The Balaban J connectivity index is 0.000000810. The molecule has 0 atom stereocenters. The second kappa shape index (κ2) is 3.70. The van der Waals surface area contributed by atoms with Gasteiger partial charge in [-0.2, -0.15) is 6.07 Å². The van der Waals surface area contributed by atoms with Crippen LogP contribution in [-0.4, -0.2) is 9.78 Å². The quantitative estimate of drug-likeness (QED) is 0.714. The van der Waals surface area contributed by atoms with Crippen LogP contribution in [0.25, 0.3) is 5.57 Å². The molecule has 10 heavy (non-hydrogen) atoms. The number of aryl methyl sites for hydroxylation is 1. The van der Waals surface area contributed by atoms with Gasteiger partial charge in [0.05, 0.1) is 0 Å². The average molecular weight is 307 g/mol. The minimum atomic E-state index is 0. The van der Waals surface area contributed by atoms with Crippen molar-refractivity contribution < 1.29 is 20.4 Å². The topological polar surface area (TPSA) is 17.8 Å². The summed E-state index contributed by atoms with van der Waals surface area (Å²) in [6.07, 6.45) is 2.73. The Bertz CT molecular complexity index is 227. The molecule has 0 aromatic carbocycles. The molecule has 3 heteroatoms. The van der Waals surface area contributed by atoms with Gasteiger partial charge in [-0.3, -0.25) is 0 Å². The van der Waals surface area contributed by atoms with Gasteiger partial charge in [-0.15, -0.1) is 18.3 Å². The first-order valence-corrected chi connectivity index (χ1v) is 2.78. The van der Waals surface area contributed by atoms with E-state index in [1.165, 1.54) is 0 Å². The van der Waals surface area contributed by atoms with Crippen molar-refractivity contribution in [1.82, 2.24) is 9.78 Å². The zero-order valence-electron chi connectivity index (χ0n) is 6.06. The standard InChI is InChI=1S/C7H9N2.Re/c1-6(2)7-4-5-8-9(7)3;/h4H,1H2,2-3H3;/q-1;. The monoisotopic (exact) mass is 308 g/mol. The van der Waals surface area contributed by atoms with Crippen molar-refractivity contribution in [3.8, 4) is 0 Å². The second-order valence-corrected chi connectivity index (χ2v) is 2.06. The minimum Gasteiger partial charge on any atom is -0.365 e. The van der Waals surface area contributed by atoms with Crippen LogP contribution in [0.4, 0.5) is 0 Å². The van der Waals surface area contributed by atoms with Gasteiger partial charge in [-0.25, -0.2) is 0 Å². The molecule has 0 saturated carbocycles. The van der Waals surface area contributed by atoms with E-state index in [1.54, 1.807) is 4.68 Å². The molecule has 0 spiro atoms. The predicted octanol–water partition coefficient (Wildman–Crippen LogP) is 1.25. The van der Waals surface area contributed by atoms with E-state index in [0.29, 0.717) is 0 Å². The van der Waals surface area contributed by atoms with E-state index in [2.05, 4.69) is 17.9 Å². The first-order chi connectivity index (χ1) is 4.22. The van der Waals surface area contributed by atoms with Crippen LogP contribution in [0.3, 0.4) is 0 Å². The maximum atomic E-state index is 3.87. The summed E-state index contributed by atoms with van der Waals surface area (Å²) in [5.74, 6) is 0. The molecule has 1 aromatic rings. The molecule has 1 heterocycles. The molecule has 0 fully saturated rings. The summed E-state index contributed by atoms with van der Waals surface area (Å²) < 4.78 is 1.75. The largest absolute Gasteiger partial charge is 0.365 e. The van der Waals surface area contributed by atoms with Crippen LogP contribution in [-0.2, 0) is 27.5 Å². The van der Waals surface area contributed by atoms with Crippen LogP contribution in [0.2, 0.25) is 0 Å². The molecule has 1 radical (unpaired) electrons. The molecule has 0 aliphatic carbocycles. The van der Waals surface area contributed by atoms with Crippen LogP contribution >= 0.6 is 0 Å². The van der Waals surface area contributed by atoms with E-state index < -0.39 is 0 Å². The molecular weight excluding hydrogens is 298 g/mol. The van der Waals surface area contributed by atoms with Gasteiger partial charge in [-0.05, 0) is 0 Å². The maximum Gasteiger partial charge on any atom is 0.00933 e. The third-order valence-corrected chi connectivity index (χ3v) is 1.19. The van der Waals surface area contributed by atoms with E-state index in [9.17, 15) is 0 Å². The summed E-state index contributed by atoms with van der Waals surface area (Å²) in [6, 6.07) is 1.82. The maximum absolute atomic E-state index is 3.87. The normalized spacial score (nSPS) is 8.60. The van der Waals surface area contributed by atoms with E-state index >= 15 is 0 Å². The van der Waals surface area contributed by atoms with Gasteiger partial charge in [-0.1, -0.05) is 12.6 Å². The van der Waals surface area contributed by atoms with Gasteiger partial charge in [0.1, 0.15) is 0 Å². The molecule has 0 bridgehead atoms.